The standard InChI is InChI=1S/C21H25N3O6S/c25-18(24(16-8-4-5-9-16)17-10-11-31(29,30)14-17)13-23-20(27)19(26)22(21(23)28)12-15-6-2-1-3-7-15/h1-3,6-7,16-17H,4-5,8-14H2/t17-/m1/s1. The van der Waals surface area contributed by atoms with Crippen molar-refractivity contribution in [3.05, 3.63) is 35.9 Å². The number of rotatable bonds is 6. The van der Waals surface area contributed by atoms with Crippen LogP contribution in [-0.4, -0.2) is 77.0 Å². The van der Waals surface area contributed by atoms with Crippen molar-refractivity contribution >= 4 is 33.6 Å². The number of carbonyl (C=O) groups is 4. The van der Waals surface area contributed by atoms with Gasteiger partial charge in [-0.2, -0.15) is 0 Å². The van der Waals surface area contributed by atoms with E-state index in [2.05, 4.69) is 0 Å². The molecule has 1 atom stereocenters. The number of amides is 5. The summed E-state index contributed by atoms with van der Waals surface area (Å²) in [5.74, 6) is -2.54. The van der Waals surface area contributed by atoms with Crippen LogP contribution < -0.4 is 0 Å². The van der Waals surface area contributed by atoms with Crippen molar-refractivity contribution in [1.29, 1.82) is 0 Å². The summed E-state index contributed by atoms with van der Waals surface area (Å²) in [5.41, 5.74) is 0.689. The van der Waals surface area contributed by atoms with Crippen LogP contribution in [0, 0.1) is 0 Å². The summed E-state index contributed by atoms with van der Waals surface area (Å²) in [6, 6.07) is 7.42. The molecule has 2 heterocycles. The number of sulfone groups is 1. The lowest BCUT2D eigenvalue weighted by atomic mass is 10.1. The zero-order valence-corrected chi connectivity index (χ0v) is 17.9. The van der Waals surface area contributed by atoms with Gasteiger partial charge in [0.05, 0.1) is 18.1 Å². The molecule has 5 amide bonds. The first kappa shape index (κ1) is 21.5. The van der Waals surface area contributed by atoms with Crippen LogP contribution >= 0.6 is 0 Å². The molecule has 0 N–H and O–H groups in total. The van der Waals surface area contributed by atoms with E-state index >= 15 is 0 Å². The molecule has 1 aromatic carbocycles. The SMILES string of the molecule is O=C1C(=O)N(Cc2ccccc2)C(=O)N1CC(=O)N(C1CCCC1)[C@@H]1CCS(=O)(=O)C1. The fraction of sp³-hybridized carbons (Fsp3) is 0.524. The van der Waals surface area contributed by atoms with E-state index in [1.807, 2.05) is 0 Å². The molecule has 166 valence electrons. The maximum atomic E-state index is 13.2. The van der Waals surface area contributed by atoms with Gasteiger partial charge in [0.2, 0.25) is 5.91 Å². The summed E-state index contributed by atoms with van der Waals surface area (Å²) >= 11 is 0. The van der Waals surface area contributed by atoms with E-state index in [1.54, 1.807) is 35.2 Å². The zero-order valence-electron chi connectivity index (χ0n) is 17.1. The van der Waals surface area contributed by atoms with E-state index in [-0.39, 0.29) is 24.1 Å². The van der Waals surface area contributed by atoms with Crippen molar-refractivity contribution in [2.45, 2.75) is 50.7 Å². The van der Waals surface area contributed by atoms with Crippen LogP contribution in [0.15, 0.2) is 30.3 Å². The highest BCUT2D eigenvalue weighted by Crippen LogP contribution is 2.29. The first-order chi connectivity index (χ1) is 14.8. The number of nitrogens with zero attached hydrogens (tertiary/aromatic N) is 3. The molecule has 0 spiro atoms. The Labute approximate surface area is 180 Å². The van der Waals surface area contributed by atoms with E-state index in [0.717, 1.165) is 30.6 Å². The minimum Gasteiger partial charge on any atom is -0.334 e. The number of hydrogen-bond donors (Lipinski definition) is 0. The molecule has 0 bridgehead atoms. The monoisotopic (exact) mass is 447 g/mol. The van der Waals surface area contributed by atoms with Crippen molar-refractivity contribution < 1.29 is 27.6 Å². The van der Waals surface area contributed by atoms with Crippen molar-refractivity contribution in [1.82, 2.24) is 14.7 Å². The molecule has 10 heteroatoms. The Morgan fingerprint density at radius 2 is 1.58 bits per heavy atom. The molecule has 3 aliphatic rings. The second-order valence-corrected chi connectivity index (χ2v) is 10.6. The molecule has 9 nitrogen and oxygen atoms in total. The van der Waals surface area contributed by atoms with Gasteiger partial charge in [0, 0.05) is 12.1 Å². The Bertz CT molecular complexity index is 1000. The van der Waals surface area contributed by atoms with Gasteiger partial charge in [-0.25, -0.2) is 18.1 Å². The highest BCUT2D eigenvalue weighted by Gasteiger charge is 2.47. The van der Waals surface area contributed by atoms with Crippen molar-refractivity contribution in [2.75, 3.05) is 18.1 Å². The first-order valence-electron chi connectivity index (χ1n) is 10.5. The van der Waals surface area contributed by atoms with Gasteiger partial charge in [-0.3, -0.25) is 19.3 Å². The molecule has 1 aromatic rings. The van der Waals surface area contributed by atoms with Gasteiger partial charge in [0.1, 0.15) is 6.54 Å². The molecule has 2 saturated heterocycles. The van der Waals surface area contributed by atoms with Crippen LogP contribution in [0.4, 0.5) is 4.79 Å². The van der Waals surface area contributed by atoms with Gasteiger partial charge < -0.3 is 4.90 Å². The average Bonchev–Trinajstić information content (AvgIpc) is 3.43. The Balaban J connectivity index is 1.50. The fourth-order valence-electron chi connectivity index (χ4n) is 4.69. The number of imide groups is 2. The number of benzene rings is 1. The molecule has 31 heavy (non-hydrogen) atoms. The lowest BCUT2D eigenvalue weighted by Gasteiger charge is -2.34. The van der Waals surface area contributed by atoms with Crippen LogP contribution in [0.5, 0.6) is 0 Å². The topological polar surface area (TPSA) is 112 Å². The van der Waals surface area contributed by atoms with E-state index < -0.39 is 46.2 Å². The Morgan fingerprint density at radius 3 is 2.19 bits per heavy atom. The van der Waals surface area contributed by atoms with Gasteiger partial charge in [0.15, 0.2) is 9.84 Å². The molecule has 0 radical (unpaired) electrons. The summed E-state index contributed by atoms with van der Waals surface area (Å²) < 4.78 is 24.0. The number of urea groups is 1. The highest BCUT2D eigenvalue weighted by molar-refractivity contribution is 7.91. The summed E-state index contributed by atoms with van der Waals surface area (Å²) in [5, 5.41) is 0. The van der Waals surface area contributed by atoms with Crippen LogP contribution in [0.3, 0.4) is 0 Å². The van der Waals surface area contributed by atoms with Crippen LogP contribution in [0.2, 0.25) is 0 Å². The predicted molar refractivity (Wildman–Crippen MR) is 110 cm³/mol. The molecule has 3 fully saturated rings. The van der Waals surface area contributed by atoms with E-state index in [4.69, 9.17) is 0 Å². The minimum atomic E-state index is -3.21. The molecule has 1 aliphatic carbocycles. The highest BCUT2D eigenvalue weighted by atomic mass is 32.2. The van der Waals surface area contributed by atoms with Gasteiger partial charge in [-0.15, -0.1) is 0 Å². The first-order valence-corrected chi connectivity index (χ1v) is 12.3. The number of carbonyl (C=O) groups excluding carboxylic acids is 4. The van der Waals surface area contributed by atoms with E-state index in [9.17, 15) is 27.6 Å². The minimum absolute atomic E-state index is 0.0269. The Morgan fingerprint density at radius 1 is 0.935 bits per heavy atom. The summed E-state index contributed by atoms with van der Waals surface area (Å²) in [6.45, 7) is -0.607. The van der Waals surface area contributed by atoms with Gasteiger partial charge >= 0.3 is 17.8 Å². The quantitative estimate of drug-likeness (QED) is 0.474. The van der Waals surface area contributed by atoms with Crippen LogP contribution in [0.25, 0.3) is 0 Å². The predicted octanol–water partition coefficient (Wildman–Crippen LogP) is 0.936. The molecule has 0 aromatic heterocycles. The zero-order chi connectivity index (χ0) is 22.2. The van der Waals surface area contributed by atoms with Crippen molar-refractivity contribution in [2.24, 2.45) is 0 Å². The lowest BCUT2D eigenvalue weighted by molar-refractivity contribution is -0.145. The Hall–Kier alpha value is -2.75. The maximum absolute atomic E-state index is 13.2. The van der Waals surface area contributed by atoms with Gasteiger partial charge in [-0.05, 0) is 24.8 Å². The van der Waals surface area contributed by atoms with E-state index in [1.165, 1.54) is 0 Å². The smallest absolute Gasteiger partial charge is 0.334 e. The second kappa shape index (κ2) is 8.41. The van der Waals surface area contributed by atoms with Crippen molar-refractivity contribution in [3.63, 3.8) is 0 Å². The molecular weight excluding hydrogens is 422 g/mol. The Kier molecular flexibility index (Phi) is 5.83. The largest absolute Gasteiger partial charge is 0.335 e. The third-order valence-corrected chi connectivity index (χ3v) is 7.97. The normalized spacial score (nSPS) is 23.7. The van der Waals surface area contributed by atoms with E-state index in [0.29, 0.717) is 16.9 Å². The van der Waals surface area contributed by atoms with Gasteiger partial charge in [-0.1, -0.05) is 43.2 Å². The van der Waals surface area contributed by atoms with Crippen LogP contribution in [-0.2, 0) is 30.8 Å². The summed E-state index contributed by atoms with van der Waals surface area (Å²) in [6.07, 6.45) is 3.77. The summed E-state index contributed by atoms with van der Waals surface area (Å²) in [7, 11) is -3.21. The van der Waals surface area contributed by atoms with Crippen molar-refractivity contribution in [3.8, 4) is 0 Å². The fourth-order valence-corrected chi connectivity index (χ4v) is 6.41. The molecule has 4 rings (SSSR count). The molecule has 1 saturated carbocycles. The average molecular weight is 448 g/mol. The lowest BCUT2D eigenvalue weighted by Crippen LogP contribution is -2.51. The van der Waals surface area contributed by atoms with Gasteiger partial charge in [0.25, 0.3) is 0 Å². The molecular formula is C21H25N3O6S. The number of hydrogen-bond acceptors (Lipinski definition) is 6. The summed E-state index contributed by atoms with van der Waals surface area (Å²) in [4.78, 5) is 53.9. The third kappa shape index (κ3) is 4.34. The molecule has 0 unspecified atom stereocenters. The molecule has 2 aliphatic heterocycles. The third-order valence-electron chi connectivity index (χ3n) is 6.22. The second-order valence-electron chi connectivity index (χ2n) is 8.35. The van der Waals surface area contributed by atoms with Crippen LogP contribution in [0.1, 0.15) is 37.7 Å². The maximum Gasteiger partial charge on any atom is 0.335 e.